The largest absolute Gasteiger partial charge is 0.481 e. The van der Waals surface area contributed by atoms with E-state index >= 15 is 0 Å². The zero-order chi connectivity index (χ0) is 9.59. The molecule has 0 aromatic carbocycles. The van der Waals surface area contributed by atoms with E-state index in [1.807, 2.05) is 0 Å². The number of fused-ring (bicyclic) bond motifs is 2. The number of aliphatic carboxylic acids is 2. The van der Waals surface area contributed by atoms with E-state index < -0.39 is 36.0 Å². The van der Waals surface area contributed by atoms with Gasteiger partial charge in [0.25, 0.3) is 0 Å². The minimum absolute atomic E-state index is 0.566. The van der Waals surface area contributed by atoms with E-state index in [-0.39, 0.29) is 0 Å². The van der Waals surface area contributed by atoms with Crippen LogP contribution in [0.25, 0.3) is 0 Å². The van der Waals surface area contributed by atoms with Crippen molar-refractivity contribution in [2.45, 2.75) is 12.2 Å². The number of ether oxygens (including phenoxy) is 1. The van der Waals surface area contributed by atoms with Crippen molar-refractivity contribution < 1.29 is 24.5 Å². The first-order valence-electron chi connectivity index (χ1n) is 3.90. The lowest BCUT2D eigenvalue weighted by atomic mass is 9.83. The third kappa shape index (κ3) is 1.04. The second-order valence-electron chi connectivity index (χ2n) is 3.18. The molecule has 1 saturated heterocycles. The molecular formula is C8H8O5. The molecule has 2 bridgehead atoms. The Bertz CT molecular complexity index is 267. The molecule has 0 aromatic rings. The minimum Gasteiger partial charge on any atom is -0.481 e. The van der Waals surface area contributed by atoms with Crippen LogP contribution in [0.3, 0.4) is 0 Å². The lowest BCUT2D eigenvalue weighted by molar-refractivity contribution is -0.152. The summed E-state index contributed by atoms with van der Waals surface area (Å²) in [5.41, 5.74) is 0. The molecule has 0 aromatic heterocycles. The van der Waals surface area contributed by atoms with Gasteiger partial charge in [-0.2, -0.15) is 0 Å². The molecule has 0 aliphatic carbocycles. The van der Waals surface area contributed by atoms with Crippen LogP contribution in [0.4, 0.5) is 0 Å². The van der Waals surface area contributed by atoms with Crippen molar-refractivity contribution >= 4 is 11.9 Å². The number of carboxylic acids is 2. The first kappa shape index (κ1) is 8.25. The van der Waals surface area contributed by atoms with Gasteiger partial charge in [-0.1, -0.05) is 12.2 Å². The lowest BCUT2D eigenvalue weighted by Gasteiger charge is -2.16. The molecule has 4 atom stereocenters. The lowest BCUT2D eigenvalue weighted by Crippen LogP contribution is -2.36. The Hall–Kier alpha value is -1.36. The zero-order valence-electron chi connectivity index (χ0n) is 6.58. The van der Waals surface area contributed by atoms with Gasteiger partial charge in [0.2, 0.25) is 0 Å². The van der Waals surface area contributed by atoms with Crippen LogP contribution in [0.5, 0.6) is 0 Å². The molecule has 2 aliphatic rings. The van der Waals surface area contributed by atoms with E-state index in [2.05, 4.69) is 0 Å². The van der Waals surface area contributed by atoms with Gasteiger partial charge in [-0.3, -0.25) is 9.59 Å². The smallest absolute Gasteiger partial charge is 0.310 e. The fourth-order valence-electron chi connectivity index (χ4n) is 1.90. The first-order valence-corrected chi connectivity index (χ1v) is 3.90. The summed E-state index contributed by atoms with van der Waals surface area (Å²) in [6.45, 7) is 0. The summed E-state index contributed by atoms with van der Waals surface area (Å²) in [4.78, 5) is 21.5. The average Bonchev–Trinajstić information content (AvgIpc) is 2.60. The van der Waals surface area contributed by atoms with E-state index in [0.29, 0.717) is 0 Å². The molecule has 1 unspecified atom stereocenters. The van der Waals surface area contributed by atoms with Crippen LogP contribution in [-0.4, -0.2) is 34.4 Å². The van der Waals surface area contributed by atoms with Gasteiger partial charge >= 0.3 is 11.9 Å². The average molecular weight is 184 g/mol. The summed E-state index contributed by atoms with van der Waals surface area (Å²) in [6.07, 6.45) is 2.10. The topological polar surface area (TPSA) is 83.8 Å². The standard InChI is InChI=1S/C8H8O5/c9-7(10)5-3-1-2-4(13-3)6(5)8(11)12/h1-6H,(H,9,10)(H,11,12)/t3-,4?,5+,6-/m1/s1. The maximum absolute atomic E-state index is 10.7. The van der Waals surface area contributed by atoms with E-state index in [4.69, 9.17) is 14.9 Å². The Morgan fingerprint density at radius 1 is 1.00 bits per heavy atom. The second-order valence-corrected chi connectivity index (χ2v) is 3.18. The third-order valence-electron chi connectivity index (χ3n) is 2.47. The highest BCUT2D eigenvalue weighted by Gasteiger charge is 2.53. The molecular weight excluding hydrogens is 176 g/mol. The van der Waals surface area contributed by atoms with Gasteiger partial charge in [-0.15, -0.1) is 0 Å². The maximum Gasteiger partial charge on any atom is 0.310 e. The summed E-state index contributed by atoms with van der Waals surface area (Å²) in [6, 6.07) is 0. The van der Waals surface area contributed by atoms with Gasteiger partial charge in [0.05, 0.1) is 12.2 Å². The number of carbonyl (C=O) groups is 2. The maximum atomic E-state index is 10.7. The van der Waals surface area contributed by atoms with Crippen molar-refractivity contribution in [1.82, 2.24) is 0 Å². The summed E-state index contributed by atoms with van der Waals surface area (Å²) in [5.74, 6) is -4.09. The molecule has 13 heavy (non-hydrogen) atoms. The number of carboxylic acid groups (broad SMARTS) is 2. The third-order valence-corrected chi connectivity index (χ3v) is 2.47. The Morgan fingerprint density at radius 2 is 1.38 bits per heavy atom. The fourth-order valence-corrected chi connectivity index (χ4v) is 1.90. The van der Waals surface area contributed by atoms with Gasteiger partial charge in [-0.25, -0.2) is 0 Å². The van der Waals surface area contributed by atoms with Crippen LogP contribution in [0, 0.1) is 11.8 Å². The number of rotatable bonds is 2. The van der Waals surface area contributed by atoms with Gasteiger partial charge in [-0.05, 0) is 0 Å². The predicted octanol–water partition coefficient (Wildman–Crippen LogP) is -0.275. The molecule has 2 heterocycles. The number of hydrogen-bond acceptors (Lipinski definition) is 3. The van der Waals surface area contributed by atoms with Crippen molar-refractivity contribution in [3.63, 3.8) is 0 Å². The summed E-state index contributed by atoms with van der Waals surface area (Å²) in [5, 5.41) is 17.6. The Morgan fingerprint density at radius 3 is 1.69 bits per heavy atom. The Labute approximate surface area is 73.6 Å². The molecule has 0 radical (unpaired) electrons. The van der Waals surface area contributed by atoms with Crippen molar-refractivity contribution in [1.29, 1.82) is 0 Å². The van der Waals surface area contributed by atoms with Crippen molar-refractivity contribution in [2.75, 3.05) is 0 Å². The monoisotopic (exact) mass is 184 g/mol. The molecule has 2 rings (SSSR count). The molecule has 70 valence electrons. The van der Waals surface area contributed by atoms with Crippen molar-refractivity contribution in [3.8, 4) is 0 Å². The SMILES string of the molecule is O=C(O)[C@@H]1[C@H](C(=O)O)C2C=C[C@H]1O2. The minimum atomic E-state index is -1.11. The van der Waals surface area contributed by atoms with Gasteiger partial charge in [0.1, 0.15) is 11.8 Å². The fraction of sp³-hybridized carbons (Fsp3) is 0.500. The van der Waals surface area contributed by atoms with Crippen molar-refractivity contribution in [2.24, 2.45) is 11.8 Å². The normalized spacial score (nSPS) is 40.9. The van der Waals surface area contributed by atoms with Crippen molar-refractivity contribution in [3.05, 3.63) is 12.2 Å². The van der Waals surface area contributed by atoms with Crippen LogP contribution in [-0.2, 0) is 14.3 Å². The molecule has 5 heteroatoms. The quantitative estimate of drug-likeness (QED) is 0.577. The number of hydrogen-bond donors (Lipinski definition) is 2. The predicted molar refractivity (Wildman–Crippen MR) is 40.1 cm³/mol. The van der Waals surface area contributed by atoms with Gasteiger partial charge < -0.3 is 14.9 Å². The summed E-state index contributed by atoms with van der Waals surface area (Å²) in [7, 11) is 0. The molecule has 0 spiro atoms. The summed E-state index contributed by atoms with van der Waals surface area (Å²) >= 11 is 0. The Balaban J connectivity index is 2.30. The Kier molecular flexibility index (Phi) is 1.63. The van der Waals surface area contributed by atoms with E-state index in [1.54, 1.807) is 12.2 Å². The highest BCUT2D eigenvalue weighted by atomic mass is 16.5. The van der Waals surface area contributed by atoms with E-state index in [0.717, 1.165) is 0 Å². The summed E-state index contributed by atoms with van der Waals surface area (Å²) < 4.78 is 5.15. The highest BCUT2D eigenvalue weighted by molar-refractivity contribution is 5.82. The highest BCUT2D eigenvalue weighted by Crippen LogP contribution is 2.39. The second kappa shape index (κ2) is 2.56. The van der Waals surface area contributed by atoms with Crippen LogP contribution >= 0.6 is 0 Å². The van der Waals surface area contributed by atoms with E-state index in [1.165, 1.54) is 0 Å². The van der Waals surface area contributed by atoms with Crippen LogP contribution in [0.15, 0.2) is 12.2 Å². The molecule has 2 aliphatic heterocycles. The molecule has 5 nitrogen and oxygen atoms in total. The molecule has 0 saturated carbocycles. The zero-order valence-corrected chi connectivity index (χ0v) is 6.58. The van der Waals surface area contributed by atoms with Crippen LogP contribution in [0.1, 0.15) is 0 Å². The van der Waals surface area contributed by atoms with Crippen LogP contribution in [0.2, 0.25) is 0 Å². The molecule has 2 N–H and O–H groups in total. The van der Waals surface area contributed by atoms with Gasteiger partial charge in [0, 0.05) is 0 Å². The molecule has 0 amide bonds. The molecule has 1 fully saturated rings. The first-order chi connectivity index (χ1) is 6.11. The van der Waals surface area contributed by atoms with E-state index in [9.17, 15) is 9.59 Å². The van der Waals surface area contributed by atoms with Crippen LogP contribution < -0.4 is 0 Å². The van der Waals surface area contributed by atoms with Gasteiger partial charge in [0.15, 0.2) is 0 Å².